The molecule has 6 unspecified atom stereocenters. The van der Waals surface area contributed by atoms with Crippen molar-refractivity contribution in [1.82, 2.24) is 0 Å². The molecule has 4 heteroatoms. The molecule has 0 radical (unpaired) electrons. The first kappa shape index (κ1) is 19.2. The molecule has 6 atom stereocenters. The van der Waals surface area contributed by atoms with Crippen molar-refractivity contribution in [3.05, 3.63) is 11.6 Å². The number of esters is 1. The summed E-state index contributed by atoms with van der Waals surface area (Å²) in [6.45, 7) is 10.7. The first-order valence-corrected chi connectivity index (χ1v) is 10.6. The first-order chi connectivity index (χ1) is 12.5. The number of hydrogen-bond donors (Lipinski definition) is 1. The van der Waals surface area contributed by atoms with E-state index in [-0.39, 0.29) is 28.5 Å². The Labute approximate surface area is 162 Å². The number of ketones is 1. The Kier molecular flexibility index (Phi) is 4.04. The minimum absolute atomic E-state index is 0.0156. The highest BCUT2D eigenvalue weighted by Crippen LogP contribution is 2.70. The molecule has 3 saturated carbocycles. The number of carbonyl (C=O) groups is 2. The Morgan fingerprint density at radius 2 is 1.85 bits per heavy atom. The van der Waals surface area contributed by atoms with Crippen LogP contribution in [0.1, 0.15) is 79.6 Å². The quantitative estimate of drug-likeness (QED) is 0.699. The number of fused-ring (bicyclic) bond motifs is 5. The molecule has 4 aliphatic rings. The van der Waals surface area contributed by atoms with Gasteiger partial charge in [-0.25, -0.2) is 0 Å². The molecule has 27 heavy (non-hydrogen) atoms. The maximum atomic E-state index is 12.6. The summed E-state index contributed by atoms with van der Waals surface area (Å²) in [7, 11) is 0. The van der Waals surface area contributed by atoms with Crippen LogP contribution < -0.4 is 0 Å². The maximum Gasteiger partial charge on any atom is 0.303 e. The molecule has 4 aliphatic carbocycles. The largest absolute Gasteiger partial charge is 0.458 e. The number of aliphatic hydroxyl groups is 1. The van der Waals surface area contributed by atoms with Gasteiger partial charge in [-0.05, 0) is 54.9 Å². The second-order valence-corrected chi connectivity index (χ2v) is 10.8. The topological polar surface area (TPSA) is 63.6 Å². The summed E-state index contributed by atoms with van der Waals surface area (Å²) < 4.78 is 5.83. The van der Waals surface area contributed by atoms with Gasteiger partial charge in [-0.15, -0.1) is 0 Å². The molecular formula is C23H34O4. The van der Waals surface area contributed by atoms with Crippen molar-refractivity contribution in [2.75, 3.05) is 0 Å². The highest BCUT2D eigenvalue weighted by atomic mass is 16.5. The van der Waals surface area contributed by atoms with E-state index in [0.717, 1.165) is 25.7 Å². The van der Waals surface area contributed by atoms with E-state index in [0.29, 0.717) is 24.3 Å². The summed E-state index contributed by atoms with van der Waals surface area (Å²) in [6.07, 6.45) is 7.70. The van der Waals surface area contributed by atoms with Crippen molar-refractivity contribution in [3.63, 3.8) is 0 Å². The normalized spacial score (nSPS) is 48.1. The summed E-state index contributed by atoms with van der Waals surface area (Å²) in [5, 5.41) is 11.8. The Bertz CT molecular complexity index is 722. The SMILES string of the molecule is CC(=O)OC1C=C2C(=O)CCC2(O)C2(C)CCC3C(C)(C)CCCC3(C)C12. The zero-order valence-corrected chi connectivity index (χ0v) is 17.4. The monoisotopic (exact) mass is 374 g/mol. The standard InChI is InChI=1S/C23H34O4/c1-14(24)27-17-13-15-16(25)7-12-23(15,26)22(5)11-8-18-20(2,3)9-6-10-21(18,4)19(17)22/h13,17-19,26H,6-12H2,1-5H3. The highest BCUT2D eigenvalue weighted by Gasteiger charge is 2.70. The summed E-state index contributed by atoms with van der Waals surface area (Å²) in [5.74, 6) is 0.277. The summed E-state index contributed by atoms with van der Waals surface area (Å²) >= 11 is 0. The molecule has 1 N–H and O–H groups in total. The van der Waals surface area contributed by atoms with Gasteiger partial charge in [0.1, 0.15) is 6.10 Å². The molecule has 0 aromatic rings. The van der Waals surface area contributed by atoms with E-state index >= 15 is 0 Å². The van der Waals surface area contributed by atoms with E-state index in [9.17, 15) is 14.7 Å². The Morgan fingerprint density at radius 1 is 1.15 bits per heavy atom. The van der Waals surface area contributed by atoms with Crippen molar-refractivity contribution in [2.24, 2.45) is 28.1 Å². The van der Waals surface area contributed by atoms with Gasteiger partial charge in [-0.3, -0.25) is 9.59 Å². The van der Waals surface area contributed by atoms with E-state index in [4.69, 9.17) is 4.74 Å². The molecule has 0 aromatic heterocycles. The molecule has 0 aromatic carbocycles. The van der Waals surface area contributed by atoms with Gasteiger partial charge in [0.2, 0.25) is 0 Å². The smallest absolute Gasteiger partial charge is 0.303 e. The van der Waals surface area contributed by atoms with Crippen molar-refractivity contribution >= 4 is 11.8 Å². The lowest BCUT2D eigenvalue weighted by Crippen LogP contribution is -2.67. The fourth-order valence-corrected chi connectivity index (χ4v) is 7.96. The summed E-state index contributed by atoms with van der Waals surface area (Å²) in [4.78, 5) is 24.5. The predicted molar refractivity (Wildman–Crippen MR) is 103 cm³/mol. The van der Waals surface area contributed by atoms with Crippen molar-refractivity contribution < 1.29 is 19.4 Å². The van der Waals surface area contributed by atoms with Gasteiger partial charge < -0.3 is 9.84 Å². The van der Waals surface area contributed by atoms with Crippen LogP contribution in [0.2, 0.25) is 0 Å². The molecule has 4 nitrogen and oxygen atoms in total. The number of carbonyl (C=O) groups excluding carboxylic acids is 2. The van der Waals surface area contributed by atoms with Crippen LogP contribution in [0.25, 0.3) is 0 Å². The minimum Gasteiger partial charge on any atom is -0.458 e. The van der Waals surface area contributed by atoms with E-state index in [1.54, 1.807) is 0 Å². The van der Waals surface area contributed by atoms with Gasteiger partial charge >= 0.3 is 5.97 Å². The third-order valence-electron chi connectivity index (χ3n) is 8.99. The van der Waals surface area contributed by atoms with Crippen LogP contribution in [0, 0.1) is 28.1 Å². The average molecular weight is 375 g/mol. The van der Waals surface area contributed by atoms with Crippen LogP contribution in [0.15, 0.2) is 11.6 Å². The molecule has 0 heterocycles. The molecular weight excluding hydrogens is 340 g/mol. The Morgan fingerprint density at radius 3 is 2.52 bits per heavy atom. The van der Waals surface area contributed by atoms with Gasteiger partial charge in [0.25, 0.3) is 0 Å². The fraction of sp³-hybridized carbons (Fsp3) is 0.826. The summed E-state index contributed by atoms with van der Waals surface area (Å²) in [6, 6.07) is 0. The molecule has 3 fully saturated rings. The van der Waals surface area contributed by atoms with Gasteiger partial charge in [0, 0.05) is 30.3 Å². The molecule has 0 bridgehead atoms. The highest BCUT2D eigenvalue weighted by molar-refractivity contribution is 6.00. The van der Waals surface area contributed by atoms with Gasteiger partial charge in [0.05, 0.1) is 5.60 Å². The maximum absolute atomic E-state index is 12.6. The molecule has 150 valence electrons. The van der Waals surface area contributed by atoms with Crippen LogP contribution >= 0.6 is 0 Å². The van der Waals surface area contributed by atoms with E-state index < -0.39 is 17.1 Å². The molecule has 4 rings (SSSR count). The lowest BCUT2D eigenvalue weighted by atomic mass is 9.38. The van der Waals surface area contributed by atoms with Crippen LogP contribution in [-0.2, 0) is 14.3 Å². The first-order valence-electron chi connectivity index (χ1n) is 10.6. The summed E-state index contributed by atoms with van der Waals surface area (Å²) in [5.41, 5.74) is -0.793. The zero-order chi connectivity index (χ0) is 19.8. The van der Waals surface area contributed by atoms with Gasteiger partial charge in [-0.1, -0.05) is 34.1 Å². The lowest BCUT2D eigenvalue weighted by molar-refractivity contribution is -0.223. The van der Waals surface area contributed by atoms with E-state index in [2.05, 4.69) is 27.7 Å². The van der Waals surface area contributed by atoms with Crippen molar-refractivity contribution in [3.8, 4) is 0 Å². The van der Waals surface area contributed by atoms with Crippen molar-refractivity contribution in [2.45, 2.75) is 91.3 Å². The zero-order valence-electron chi connectivity index (χ0n) is 17.4. The Hall–Kier alpha value is -1.16. The van der Waals surface area contributed by atoms with Crippen molar-refractivity contribution in [1.29, 1.82) is 0 Å². The predicted octanol–water partition coefficient (Wildman–Crippen LogP) is 4.20. The minimum atomic E-state index is -1.08. The molecule has 0 spiro atoms. The third-order valence-corrected chi connectivity index (χ3v) is 8.99. The number of ether oxygens (including phenoxy) is 1. The second-order valence-electron chi connectivity index (χ2n) is 10.8. The average Bonchev–Trinajstić information content (AvgIpc) is 2.83. The van der Waals surface area contributed by atoms with Gasteiger partial charge in [-0.2, -0.15) is 0 Å². The van der Waals surface area contributed by atoms with E-state index in [1.165, 1.54) is 13.3 Å². The van der Waals surface area contributed by atoms with Crippen LogP contribution in [0.5, 0.6) is 0 Å². The molecule has 0 saturated heterocycles. The van der Waals surface area contributed by atoms with Crippen LogP contribution in [-0.4, -0.2) is 28.6 Å². The number of hydrogen-bond acceptors (Lipinski definition) is 4. The second kappa shape index (κ2) is 5.68. The van der Waals surface area contributed by atoms with Crippen LogP contribution in [0.3, 0.4) is 0 Å². The third kappa shape index (κ3) is 2.38. The van der Waals surface area contributed by atoms with Crippen LogP contribution in [0.4, 0.5) is 0 Å². The lowest BCUT2D eigenvalue weighted by Gasteiger charge is -2.67. The molecule has 0 aliphatic heterocycles. The number of rotatable bonds is 1. The molecule has 0 amide bonds. The van der Waals surface area contributed by atoms with Gasteiger partial charge in [0.15, 0.2) is 5.78 Å². The number of Topliss-reactive ketones (excluding diaryl/α,β-unsaturated/α-hetero) is 1. The fourth-order valence-electron chi connectivity index (χ4n) is 7.96. The Balaban J connectivity index is 1.89. The van der Waals surface area contributed by atoms with E-state index in [1.807, 2.05) is 6.08 Å².